The molecule has 0 aliphatic heterocycles. The first-order valence-corrected chi connectivity index (χ1v) is 5.56. The Hall–Kier alpha value is -1.89. The number of fused-ring (bicyclic) bond motifs is 1. The van der Waals surface area contributed by atoms with Gasteiger partial charge in [0.2, 0.25) is 0 Å². The number of nitrogens with one attached hydrogen (secondary N) is 1. The lowest BCUT2D eigenvalue weighted by molar-refractivity contribution is 1.09. The largest absolute Gasteiger partial charge is 0.308 e. The highest BCUT2D eigenvalue weighted by atomic mass is 14.5. The lowest BCUT2D eigenvalue weighted by atomic mass is 9.92. The Balaban J connectivity index is 0.00000108. The van der Waals surface area contributed by atoms with Crippen LogP contribution in [0.5, 0.6) is 0 Å². The van der Waals surface area contributed by atoms with Gasteiger partial charge in [-0.15, -0.1) is 0 Å². The van der Waals surface area contributed by atoms with E-state index in [1.807, 2.05) is 18.2 Å². The molecule has 1 unspecified atom stereocenters. The number of rotatable bonds is 1. The van der Waals surface area contributed by atoms with Gasteiger partial charge in [0, 0.05) is 18.1 Å². The third kappa shape index (κ3) is 1.89. The molecule has 17 heavy (non-hydrogen) atoms. The minimum Gasteiger partial charge on any atom is -0.308 e. The standard InChI is InChI=1S/C15H13N.CH4/c16-14-10-12-8-4-5-9-13(12)15(14)11-6-2-1-3-7-11;/h1-9,15-16H,10H2;1H4. The third-order valence-corrected chi connectivity index (χ3v) is 3.23. The highest BCUT2D eigenvalue weighted by Gasteiger charge is 2.27. The average Bonchev–Trinajstić information content (AvgIpc) is 2.66. The lowest BCUT2D eigenvalue weighted by Gasteiger charge is -2.12. The van der Waals surface area contributed by atoms with Crippen LogP contribution >= 0.6 is 0 Å². The molecule has 0 saturated carbocycles. The van der Waals surface area contributed by atoms with E-state index in [1.165, 1.54) is 16.7 Å². The van der Waals surface area contributed by atoms with E-state index in [2.05, 4.69) is 36.4 Å². The Labute approximate surface area is 103 Å². The monoisotopic (exact) mass is 223 g/mol. The van der Waals surface area contributed by atoms with Crippen molar-refractivity contribution in [3.8, 4) is 0 Å². The summed E-state index contributed by atoms with van der Waals surface area (Å²) >= 11 is 0. The zero-order chi connectivity index (χ0) is 11.0. The summed E-state index contributed by atoms with van der Waals surface area (Å²) in [6.45, 7) is 0. The molecule has 0 bridgehead atoms. The highest BCUT2D eigenvalue weighted by Crippen LogP contribution is 2.35. The molecule has 0 aromatic heterocycles. The van der Waals surface area contributed by atoms with E-state index in [9.17, 15) is 0 Å². The van der Waals surface area contributed by atoms with E-state index in [1.54, 1.807) is 0 Å². The van der Waals surface area contributed by atoms with Crippen molar-refractivity contribution in [2.75, 3.05) is 0 Å². The Kier molecular flexibility index (Phi) is 3.10. The van der Waals surface area contributed by atoms with Crippen molar-refractivity contribution in [2.24, 2.45) is 0 Å². The van der Waals surface area contributed by atoms with Crippen LogP contribution in [-0.4, -0.2) is 5.71 Å². The molecule has 1 aliphatic rings. The lowest BCUT2D eigenvalue weighted by Crippen LogP contribution is -2.06. The zero-order valence-electron chi connectivity index (χ0n) is 8.98. The number of hydrogen-bond donors (Lipinski definition) is 1. The first-order valence-electron chi connectivity index (χ1n) is 5.56. The van der Waals surface area contributed by atoms with Crippen LogP contribution in [0.25, 0.3) is 0 Å². The third-order valence-electron chi connectivity index (χ3n) is 3.23. The van der Waals surface area contributed by atoms with Crippen LogP contribution in [0, 0.1) is 5.41 Å². The SMILES string of the molecule is C.N=C1Cc2ccccc2C1c1ccccc1. The van der Waals surface area contributed by atoms with E-state index in [0.29, 0.717) is 0 Å². The summed E-state index contributed by atoms with van der Waals surface area (Å²) in [7, 11) is 0. The molecule has 0 amide bonds. The molecule has 1 atom stereocenters. The van der Waals surface area contributed by atoms with Crippen molar-refractivity contribution in [1.29, 1.82) is 5.41 Å². The van der Waals surface area contributed by atoms with Crippen molar-refractivity contribution < 1.29 is 0 Å². The molecule has 1 nitrogen and oxygen atoms in total. The molecule has 2 aromatic carbocycles. The molecule has 0 saturated heterocycles. The zero-order valence-corrected chi connectivity index (χ0v) is 8.98. The predicted octanol–water partition coefficient (Wildman–Crippen LogP) is 4.03. The fourth-order valence-electron chi connectivity index (χ4n) is 2.50. The molecular weight excluding hydrogens is 206 g/mol. The maximum absolute atomic E-state index is 8.13. The normalized spacial score (nSPS) is 17.4. The topological polar surface area (TPSA) is 23.9 Å². The van der Waals surface area contributed by atoms with Crippen molar-refractivity contribution in [3.63, 3.8) is 0 Å². The predicted molar refractivity (Wildman–Crippen MR) is 72.9 cm³/mol. The molecule has 1 heteroatoms. The van der Waals surface area contributed by atoms with Crippen molar-refractivity contribution >= 4 is 5.71 Å². The van der Waals surface area contributed by atoms with Crippen molar-refractivity contribution in [2.45, 2.75) is 19.8 Å². The van der Waals surface area contributed by atoms with Gasteiger partial charge in [0.15, 0.2) is 0 Å². The van der Waals surface area contributed by atoms with E-state index in [0.717, 1.165) is 12.1 Å². The molecule has 3 rings (SSSR count). The molecule has 1 aliphatic carbocycles. The maximum Gasteiger partial charge on any atom is 0.0472 e. The molecule has 0 radical (unpaired) electrons. The van der Waals surface area contributed by atoms with Gasteiger partial charge < -0.3 is 5.41 Å². The van der Waals surface area contributed by atoms with Crippen LogP contribution in [-0.2, 0) is 6.42 Å². The Morgan fingerprint density at radius 3 is 2.29 bits per heavy atom. The van der Waals surface area contributed by atoms with Crippen LogP contribution in [0.15, 0.2) is 54.6 Å². The minimum absolute atomic E-state index is 0. The van der Waals surface area contributed by atoms with E-state index in [-0.39, 0.29) is 13.3 Å². The summed E-state index contributed by atoms with van der Waals surface area (Å²) in [5.74, 6) is 0.178. The summed E-state index contributed by atoms with van der Waals surface area (Å²) in [6, 6.07) is 18.7. The first kappa shape index (κ1) is 11.6. The smallest absolute Gasteiger partial charge is 0.0472 e. The second kappa shape index (κ2) is 4.54. The summed E-state index contributed by atoms with van der Waals surface area (Å²) < 4.78 is 0. The summed E-state index contributed by atoms with van der Waals surface area (Å²) in [6.07, 6.45) is 0.801. The van der Waals surface area contributed by atoms with Gasteiger partial charge in [0.1, 0.15) is 0 Å². The second-order valence-corrected chi connectivity index (χ2v) is 4.24. The minimum atomic E-state index is 0. The van der Waals surface area contributed by atoms with Crippen LogP contribution in [0.2, 0.25) is 0 Å². The van der Waals surface area contributed by atoms with Gasteiger partial charge in [0.25, 0.3) is 0 Å². The van der Waals surface area contributed by atoms with Crippen LogP contribution in [0.4, 0.5) is 0 Å². The number of benzene rings is 2. The Morgan fingerprint density at radius 1 is 0.882 bits per heavy atom. The van der Waals surface area contributed by atoms with E-state index in [4.69, 9.17) is 5.41 Å². The number of hydrogen-bond acceptors (Lipinski definition) is 1. The van der Waals surface area contributed by atoms with E-state index < -0.39 is 0 Å². The molecule has 0 spiro atoms. The van der Waals surface area contributed by atoms with Gasteiger partial charge in [-0.3, -0.25) is 0 Å². The molecule has 86 valence electrons. The van der Waals surface area contributed by atoms with Gasteiger partial charge in [-0.05, 0) is 16.7 Å². The van der Waals surface area contributed by atoms with Gasteiger partial charge in [-0.25, -0.2) is 0 Å². The van der Waals surface area contributed by atoms with Gasteiger partial charge >= 0.3 is 0 Å². The fourth-order valence-corrected chi connectivity index (χ4v) is 2.50. The molecule has 2 aromatic rings. The van der Waals surface area contributed by atoms with Crippen molar-refractivity contribution in [1.82, 2.24) is 0 Å². The molecular formula is C16H17N. The van der Waals surface area contributed by atoms with Crippen LogP contribution < -0.4 is 0 Å². The van der Waals surface area contributed by atoms with Gasteiger partial charge in [-0.1, -0.05) is 62.0 Å². The maximum atomic E-state index is 8.13. The fraction of sp³-hybridized carbons (Fsp3) is 0.188. The van der Waals surface area contributed by atoms with Gasteiger partial charge in [0.05, 0.1) is 0 Å². The van der Waals surface area contributed by atoms with Gasteiger partial charge in [-0.2, -0.15) is 0 Å². The first-order chi connectivity index (χ1) is 7.86. The summed E-state index contributed by atoms with van der Waals surface area (Å²) in [4.78, 5) is 0. The molecule has 0 heterocycles. The Bertz CT molecular complexity index is 528. The van der Waals surface area contributed by atoms with E-state index >= 15 is 0 Å². The average molecular weight is 223 g/mol. The highest BCUT2D eigenvalue weighted by molar-refractivity contribution is 5.97. The summed E-state index contributed by atoms with van der Waals surface area (Å²) in [5.41, 5.74) is 4.66. The van der Waals surface area contributed by atoms with Crippen LogP contribution in [0.1, 0.15) is 30.0 Å². The quantitative estimate of drug-likeness (QED) is 0.754. The van der Waals surface area contributed by atoms with Crippen LogP contribution in [0.3, 0.4) is 0 Å². The Morgan fingerprint density at radius 2 is 1.53 bits per heavy atom. The van der Waals surface area contributed by atoms with Crippen molar-refractivity contribution in [3.05, 3.63) is 71.3 Å². The second-order valence-electron chi connectivity index (χ2n) is 4.24. The summed E-state index contributed by atoms with van der Waals surface area (Å²) in [5, 5.41) is 8.13. The molecule has 0 fully saturated rings. The molecule has 1 N–H and O–H groups in total.